The fourth-order valence-electron chi connectivity index (χ4n) is 1.70. The first-order valence-corrected chi connectivity index (χ1v) is 6.27. The minimum atomic E-state index is 0.674. The average molecular weight is 262 g/mol. The molecule has 0 aliphatic heterocycles. The Morgan fingerprint density at radius 1 is 0.500 bits per heavy atom. The van der Waals surface area contributed by atoms with E-state index in [9.17, 15) is 9.59 Å². The molecule has 2 nitrogen and oxygen atoms in total. The number of aldehydes is 2. The number of hydrogen-bond donors (Lipinski definition) is 0. The second-order valence-corrected chi connectivity index (χ2v) is 4.29. The summed E-state index contributed by atoms with van der Waals surface area (Å²) in [5.74, 6) is 0. The van der Waals surface area contributed by atoms with Gasteiger partial charge in [-0.3, -0.25) is 9.59 Å². The molecular formula is C18H14O2. The highest BCUT2D eigenvalue weighted by atomic mass is 16.1. The Kier molecular flexibility index (Phi) is 4.79. The van der Waals surface area contributed by atoms with Gasteiger partial charge >= 0.3 is 0 Å². The van der Waals surface area contributed by atoms with Gasteiger partial charge < -0.3 is 0 Å². The summed E-state index contributed by atoms with van der Waals surface area (Å²) in [6, 6.07) is 14.7. The van der Waals surface area contributed by atoms with Gasteiger partial charge in [-0.15, -0.1) is 0 Å². The smallest absolute Gasteiger partial charge is 0.150 e. The van der Waals surface area contributed by atoms with E-state index in [1.54, 1.807) is 24.3 Å². The summed E-state index contributed by atoms with van der Waals surface area (Å²) < 4.78 is 0. The van der Waals surface area contributed by atoms with Crippen molar-refractivity contribution in [1.29, 1.82) is 0 Å². The summed E-state index contributed by atoms with van der Waals surface area (Å²) in [4.78, 5) is 21.1. The van der Waals surface area contributed by atoms with Crippen LogP contribution in [0.1, 0.15) is 31.8 Å². The fraction of sp³-hybridized carbons (Fsp3) is 0. The maximum Gasteiger partial charge on any atom is 0.150 e. The highest BCUT2D eigenvalue weighted by Gasteiger charge is 1.89. The van der Waals surface area contributed by atoms with E-state index in [1.165, 1.54) is 0 Å². The number of hydrogen-bond acceptors (Lipinski definition) is 2. The second-order valence-electron chi connectivity index (χ2n) is 4.29. The van der Waals surface area contributed by atoms with Crippen molar-refractivity contribution >= 4 is 24.7 Å². The van der Waals surface area contributed by atoms with E-state index in [2.05, 4.69) is 0 Å². The molecule has 0 aromatic heterocycles. The van der Waals surface area contributed by atoms with Crippen molar-refractivity contribution in [3.63, 3.8) is 0 Å². The second kappa shape index (κ2) is 7.00. The van der Waals surface area contributed by atoms with Crippen molar-refractivity contribution in [3.05, 3.63) is 82.9 Å². The Morgan fingerprint density at radius 3 is 1.10 bits per heavy atom. The number of rotatable bonds is 5. The lowest BCUT2D eigenvalue weighted by atomic mass is 10.1. The van der Waals surface area contributed by atoms with E-state index in [1.807, 2.05) is 48.6 Å². The molecular weight excluding hydrogens is 248 g/mol. The van der Waals surface area contributed by atoms with Gasteiger partial charge in [-0.2, -0.15) is 0 Å². The third-order valence-electron chi connectivity index (χ3n) is 2.83. The van der Waals surface area contributed by atoms with E-state index in [-0.39, 0.29) is 0 Å². The summed E-state index contributed by atoms with van der Waals surface area (Å²) in [5, 5.41) is 0. The molecule has 0 bridgehead atoms. The first-order chi connectivity index (χ1) is 9.81. The van der Waals surface area contributed by atoms with E-state index in [4.69, 9.17) is 0 Å². The zero-order chi connectivity index (χ0) is 14.2. The van der Waals surface area contributed by atoms with Gasteiger partial charge in [0.2, 0.25) is 0 Å². The first-order valence-electron chi connectivity index (χ1n) is 6.27. The number of carbonyl (C=O) groups is 2. The number of carbonyl (C=O) groups excluding carboxylic acids is 2. The molecule has 2 rings (SSSR count). The van der Waals surface area contributed by atoms with Crippen molar-refractivity contribution in [3.8, 4) is 0 Å². The van der Waals surface area contributed by atoms with Crippen LogP contribution in [0, 0.1) is 0 Å². The lowest BCUT2D eigenvalue weighted by Crippen LogP contribution is -1.78. The largest absolute Gasteiger partial charge is 0.298 e. The van der Waals surface area contributed by atoms with Gasteiger partial charge in [0.15, 0.2) is 0 Å². The Balaban J connectivity index is 1.98. The Labute approximate surface area is 118 Å². The molecule has 0 amide bonds. The third-order valence-corrected chi connectivity index (χ3v) is 2.83. The molecule has 0 radical (unpaired) electrons. The predicted octanol–water partition coefficient (Wildman–Crippen LogP) is 4.04. The minimum Gasteiger partial charge on any atom is -0.298 e. The third kappa shape index (κ3) is 3.89. The predicted molar refractivity (Wildman–Crippen MR) is 81.7 cm³/mol. The summed E-state index contributed by atoms with van der Waals surface area (Å²) >= 11 is 0. The monoisotopic (exact) mass is 262 g/mol. The molecule has 2 heteroatoms. The standard InChI is InChI=1S/C18H14O2/c19-13-17-9-5-15(6-10-17)3-1-2-4-16-7-11-18(14-20)12-8-16/h1-14H/b3-1+,4-2+. The quantitative estimate of drug-likeness (QED) is 0.602. The van der Waals surface area contributed by atoms with Gasteiger partial charge in [0.25, 0.3) is 0 Å². The molecule has 20 heavy (non-hydrogen) atoms. The molecule has 0 heterocycles. The summed E-state index contributed by atoms with van der Waals surface area (Å²) in [7, 11) is 0. The Hall–Kier alpha value is -2.74. The van der Waals surface area contributed by atoms with E-state index >= 15 is 0 Å². The number of allylic oxidation sites excluding steroid dienone is 2. The maximum atomic E-state index is 10.5. The molecule has 2 aromatic rings. The maximum absolute atomic E-state index is 10.5. The van der Waals surface area contributed by atoms with Crippen LogP contribution in [0.4, 0.5) is 0 Å². The first kappa shape index (κ1) is 13.7. The van der Waals surface area contributed by atoms with E-state index in [0.717, 1.165) is 23.7 Å². The fourth-order valence-corrected chi connectivity index (χ4v) is 1.70. The molecule has 0 aliphatic carbocycles. The van der Waals surface area contributed by atoms with Gasteiger partial charge in [0.1, 0.15) is 12.6 Å². The van der Waals surface area contributed by atoms with Gasteiger partial charge in [-0.05, 0) is 11.1 Å². The van der Waals surface area contributed by atoms with Gasteiger partial charge in [-0.1, -0.05) is 72.8 Å². The molecule has 98 valence electrons. The molecule has 0 saturated heterocycles. The highest BCUT2D eigenvalue weighted by Crippen LogP contribution is 2.07. The van der Waals surface area contributed by atoms with Crippen LogP contribution < -0.4 is 0 Å². The van der Waals surface area contributed by atoms with Crippen LogP contribution in [0.3, 0.4) is 0 Å². The topological polar surface area (TPSA) is 34.1 Å². The molecule has 0 spiro atoms. The summed E-state index contributed by atoms with van der Waals surface area (Å²) in [6.07, 6.45) is 9.45. The van der Waals surface area contributed by atoms with Crippen LogP contribution in [0.15, 0.2) is 60.7 Å². The molecule has 0 fully saturated rings. The Morgan fingerprint density at radius 2 is 0.800 bits per heavy atom. The van der Waals surface area contributed by atoms with Crippen LogP contribution in [-0.4, -0.2) is 12.6 Å². The summed E-state index contributed by atoms with van der Waals surface area (Å²) in [5.41, 5.74) is 3.43. The zero-order valence-corrected chi connectivity index (χ0v) is 10.9. The average Bonchev–Trinajstić information content (AvgIpc) is 2.53. The molecule has 0 unspecified atom stereocenters. The van der Waals surface area contributed by atoms with Crippen LogP contribution in [0.25, 0.3) is 12.2 Å². The molecule has 0 N–H and O–H groups in total. The van der Waals surface area contributed by atoms with Crippen LogP contribution in [-0.2, 0) is 0 Å². The molecule has 0 saturated carbocycles. The van der Waals surface area contributed by atoms with Gasteiger partial charge in [0.05, 0.1) is 0 Å². The molecule has 2 aromatic carbocycles. The summed E-state index contributed by atoms with van der Waals surface area (Å²) in [6.45, 7) is 0. The lowest BCUT2D eigenvalue weighted by Gasteiger charge is -1.94. The van der Waals surface area contributed by atoms with Crippen LogP contribution in [0.5, 0.6) is 0 Å². The normalized spacial score (nSPS) is 11.0. The SMILES string of the molecule is O=Cc1ccc(/C=C/C=C/c2ccc(C=O)cc2)cc1. The van der Waals surface area contributed by atoms with Gasteiger partial charge in [0, 0.05) is 11.1 Å². The van der Waals surface area contributed by atoms with Crippen molar-refractivity contribution in [2.75, 3.05) is 0 Å². The van der Waals surface area contributed by atoms with E-state index in [0.29, 0.717) is 11.1 Å². The van der Waals surface area contributed by atoms with Crippen LogP contribution >= 0.6 is 0 Å². The lowest BCUT2D eigenvalue weighted by molar-refractivity contribution is 0.111. The zero-order valence-electron chi connectivity index (χ0n) is 10.9. The molecule has 0 aliphatic rings. The van der Waals surface area contributed by atoms with Crippen molar-refractivity contribution < 1.29 is 9.59 Å². The Bertz CT molecular complexity index is 573. The molecule has 0 atom stereocenters. The minimum absolute atomic E-state index is 0.674. The van der Waals surface area contributed by atoms with Crippen molar-refractivity contribution in [2.24, 2.45) is 0 Å². The van der Waals surface area contributed by atoms with Crippen LogP contribution in [0.2, 0.25) is 0 Å². The number of benzene rings is 2. The highest BCUT2D eigenvalue weighted by molar-refractivity contribution is 5.76. The van der Waals surface area contributed by atoms with E-state index < -0.39 is 0 Å². The van der Waals surface area contributed by atoms with Gasteiger partial charge in [-0.25, -0.2) is 0 Å². The van der Waals surface area contributed by atoms with Crippen molar-refractivity contribution in [2.45, 2.75) is 0 Å². The van der Waals surface area contributed by atoms with Crippen molar-refractivity contribution in [1.82, 2.24) is 0 Å².